The quantitative estimate of drug-likeness (QED) is 0.302. The first-order chi connectivity index (χ1) is 17.2. The first-order valence-electron chi connectivity index (χ1n) is 11.7. The molecule has 188 valence electrons. The molecule has 0 amide bonds. The molecule has 0 saturated heterocycles. The number of benzene rings is 3. The third-order valence-corrected chi connectivity index (χ3v) is 5.64. The molecule has 1 aromatic heterocycles. The lowest BCUT2D eigenvalue weighted by Gasteiger charge is -2.22. The molecule has 8 nitrogen and oxygen atoms in total. The number of hydrogen-bond donors (Lipinski definition) is 2. The summed E-state index contributed by atoms with van der Waals surface area (Å²) in [7, 11) is 3.96. The van der Waals surface area contributed by atoms with Crippen LogP contribution in [-0.4, -0.2) is 42.3 Å². The van der Waals surface area contributed by atoms with Gasteiger partial charge in [-0.2, -0.15) is 0 Å². The topological polar surface area (TPSA) is 97.1 Å². The van der Waals surface area contributed by atoms with Crippen molar-refractivity contribution in [3.05, 3.63) is 84.3 Å². The number of fused-ring (bicyclic) bond motifs is 1. The van der Waals surface area contributed by atoms with Crippen molar-refractivity contribution in [1.82, 2.24) is 10.3 Å². The number of oxazole rings is 1. The fraction of sp³-hybridized carbons (Fsp3) is 0.286. The lowest BCUT2D eigenvalue weighted by Crippen LogP contribution is -2.37. The van der Waals surface area contributed by atoms with Gasteiger partial charge >= 0.3 is 5.97 Å². The van der Waals surface area contributed by atoms with Crippen LogP contribution in [0.15, 0.2) is 77.2 Å². The monoisotopic (exact) mass is 489 g/mol. The van der Waals surface area contributed by atoms with Crippen LogP contribution in [0.4, 0.5) is 5.69 Å². The van der Waals surface area contributed by atoms with Gasteiger partial charge in [-0.3, -0.25) is 0 Å². The third kappa shape index (κ3) is 6.14. The summed E-state index contributed by atoms with van der Waals surface area (Å²) in [5.41, 5.74) is 2.12. The van der Waals surface area contributed by atoms with Gasteiger partial charge in [0.1, 0.15) is 17.0 Å². The fourth-order valence-corrected chi connectivity index (χ4v) is 3.61. The number of aliphatic carboxylic acids is 1. The molecule has 1 heterocycles. The predicted octanol–water partition coefficient (Wildman–Crippen LogP) is 5.05. The van der Waals surface area contributed by atoms with E-state index in [-0.39, 0.29) is 0 Å². The lowest BCUT2D eigenvalue weighted by atomic mass is 10.1. The summed E-state index contributed by atoms with van der Waals surface area (Å²) in [4.78, 5) is 18.1. The summed E-state index contributed by atoms with van der Waals surface area (Å²) in [6, 6.07) is 22.8. The molecule has 2 N–H and O–H groups in total. The van der Waals surface area contributed by atoms with Crippen molar-refractivity contribution in [3.63, 3.8) is 0 Å². The second kappa shape index (κ2) is 10.7. The van der Waals surface area contributed by atoms with Gasteiger partial charge in [0.2, 0.25) is 5.89 Å². The highest BCUT2D eigenvalue weighted by molar-refractivity contribution is 5.76. The number of nitrogens with zero attached hydrogens (tertiary/aromatic N) is 2. The van der Waals surface area contributed by atoms with Gasteiger partial charge in [0, 0.05) is 38.9 Å². The second-order valence-corrected chi connectivity index (χ2v) is 9.21. The van der Waals surface area contributed by atoms with E-state index in [1.165, 1.54) is 13.8 Å². The van der Waals surface area contributed by atoms with E-state index in [2.05, 4.69) is 10.3 Å². The van der Waals surface area contributed by atoms with Crippen molar-refractivity contribution in [3.8, 4) is 11.5 Å². The molecule has 3 aromatic carbocycles. The van der Waals surface area contributed by atoms with Gasteiger partial charge in [-0.15, -0.1) is 0 Å². The molecule has 0 aliphatic rings. The molecule has 0 radical (unpaired) electrons. The Hall–Kier alpha value is -4.04. The highest BCUT2D eigenvalue weighted by Crippen LogP contribution is 2.27. The number of nitrogens with one attached hydrogen (secondary N) is 1. The number of carbonyl (C=O) groups is 1. The minimum absolute atomic E-state index is 0.435. The molecule has 36 heavy (non-hydrogen) atoms. The highest BCUT2D eigenvalue weighted by Gasteiger charge is 2.29. The Labute approximate surface area is 210 Å². The first kappa shape index (κ1) is 25.1. The molecule has 0 aliphatic carbocycles. The lowest BCUT2D eigenvalue weighted by molar-refractivity contribution is -0.152. The Balaban J connectivity index is 1.49. The van der Waals surface area contributed by atoms with Crippen LogP contribution in [0.25, 0.3) is 11.1 Å². The van der Waals surface area contributed by atoms with E-state index < -0.39 is 17.7 Å². The molecular formula is C28H31N3O5. The van der Waals surface area contributed by atoms with E-state index in [1.54, 1.807) is 6.07 Å². The molecule has 8 heteroatoms. The van der Waals surface area contributed by atoms with Gasteiger partial charge in [-0.1, -0.05) is 30.3 Å². The third-order valence-electron chi connectivity index (χ3n) is 5.64. The summed E-state index contributed by atoms with van der Waals surface area (Å²) >= 11 is 0. The summed E-state index contributed by atoms with van der Waals surface area (Å²) in [5.74, 6) is 0.664. The number of carboxylic acids is 1. The number of ether oxygens (including phenoxy) is 2. The Kier molecular flexibility index (Phi) is 7.45. The molecule has 0 bridgehead atoms. The van der Waals surface area contributed by atoms with E-state index in [1.807, 2.05) is 85.7 Å². The fourth-order valence-electron chi connectivity index (χ4n) is 3.61. The molecule has 1 unspecified atom stereocenters. The molecule has 0 saturated carbocycles. The van der Waals surface area contributed by atoms with Gasteiger partial charge in [0.15, 0.2) is 17.3 Å². The number of aromatic nitrogens is 1. The molecule has 4 rings (SSSR count). The van der Waals surface area contributed by atoms with Gasteiger partial charge in [-0.05, 0) is 55.8 Å². The molecule has 1 atom stereocenters. The van der Waals surface area contributed by atoms with Gasteiger partial charge in [0.05, 0.1) is 0 Å². The van der Waals surface area contributed by atoms with Crippen LogP contribution >= 0.6 is 0 Å². The maximum Gasteiger partial charge on any atom is 0.347 e. The number of hydrogen-bond acceptors (Lipinski definition) is 7. The van der Waals surface area contributed by atoms with Crippen LogP contribution in [0.2, 0.25) is 0 Å². The maximum absolute atomic E-state index is 11.4. The zero-order valence-electron chi connectivity index (χ0n) is 20.9. The normalized spacial score (nSPS) is 12.3. The minimum atomic E-state index is -1.32. The number of para-hydroxylation sites is 2. The largest absolute Gasteiger partial charge is 0.479 e. The summed E-state index contributed by atoms with van der Waals surface area (Å²) < 4.78 is 18.0. The smallest absolute Gasteiger partial charge is 0.347 e. The Morgan fingerprint density at radius 1 is 1.06 bits per heavy atom. The average Bonchev–Trinajstić information content (AvgIpc) is 3.28. The van der Waals surface area contributed by atoms with E-state index in [4.69, 9.17) is 13.9 Å². The van der Waals surface area contributed by atoms with Crippen LogP contribution in [0.5, 0.6) is 11.5 Å². The molecule has 0 spiro atoms. The number of rotatable bonds is 11. The zero-order chi connectivity index (χ0) is 25.7. The van der Waals surface area contributed by atoms with Gasteiger partial charge in [0.25, 0.3) is 0 Å². The summed E-state index contributed by atoms with van der Waals surface area (Å²) in [6.45, 7) is 3.99. The first-order valence-corrected chi connectivity index (χ1v) is 11.7. The average molecular weight is 490 g/mol. The highest BCUT2D eigenvalue weighted by atomic mass is 16.5. The van der Waals surface area contributed by atoms with Crippen LogP contribution in [0, 0.1) is 0 Å². The van der Waals surface area contributed by atoms with E-state index in [9.17, 15) is 9.90 Å². The molecule has 0 fully saturated rings. The standard InChI is InChI=1S/C28H31N3O5/c1-28(2,27(32)33)36-22-12-7-9-19(15-22)17-29-18-25(26-30-23-13-5-6-14-24(23)35-26)34-21-11-8-10-20(16-21)31(3)4/h5-16,25,29H,17-18H2,1-4H3,(H,32,33). The molecule has 0 aliphatic heterocycles. The maximum atomic E-state index is 11.4. The van der Waals surface area contributed by atoms with Crippen LogP contribution in [-0.2, 0) is 11.3 Å². The second-order valence-electron chi connectivity index (χ2n) is 9.21. The van der Waals surface area contributed by atoms with Crippen molar-refractivity contribution >= 4 is 22.8 Å². The van der Waals surface area contributed by atoms with Gasteiger partial charge in [-0.25, -0.2) is 9.78 Å². The Bertz CT molecular complexity index is 1300. The number of anilines is 1. The SMILES string of the molecule is CN(C)c1cccc(OC(CNCc2cccc(OC(C)(C)C(=O)O)c2)c2nc3ccccc3o2)c1. The molecule has 4 aromatic rings. The molecular weight excluding hydrogens is 458 g/mol. The van der Waals surface area contributed by atoms with Crippen molar-refractivity contribution < 1.29 is 23.8 Å². The van der Waals surface area contributed by atoms with Crippen LogP contribution < -0.4 is 19.7 Å². The van der Waals surface area contributed by atoms with Crippen LogP contribution in [0.3, 0.4) is 0 Å². The summed E-state index contributed by atoms with van der Waals surface area (Å²) in [6.07, 6.45) is -0.472. The zero-order valence-corrected chi connectivity index (χ0v) is 20.9. The van der Waals surface area contributed by atoms with E-state index in [0.29, 0.717) is 36.1 Å². The Morgan fingerprint density at radius 3 is 2.56 bits per heavy atom. The predicted molar refractivity (Wildman–Crippen MR) is 139 cm³/mol. The van der Waals surface area contributed by atoms with E-state index >= 15 is 0 Å². The van der Waals surface area contributed by atoms with Crippen molar-refractivity contribution in [2.75, 3.05) is 25.5 Å². The van der Waals surface area contributed by atoms with Crippen molar-refractivity contribution in [1.29, 1.82) is 0 Å². The minimum Gasteiger partial charge on any atom is -0.479 e. The number of carboxylic acid groups (broad SMARTS) is 1. The summed E-state index contributed by atoms with van der Waals surface area (Å²) in [5, 5.41) is 12.7. The Morgan fingerprint density at radius 2 is 1.81 bits per heavy atom. The van der Waals surface area contributed by atoms with Crippen LogP contribution in [0.1, 0.15) is 31.4 Å². The van der Waals surface area contributed by atoms with E-state index in [0.717, 1.165) is 16.8 Å². The van der Waals surface area contributed by atoms with Crippen molar-refractivity contribution in [2.45, 2.75) is 32.1 Å². The van der Waals surface area contributed by atoms with Gasteiger partial charge < -0.3 is 29.2 Å². The van der Waals surface area contributed by atoms with Crippen molar-refractivity contribution in [2.24, 2.45) is 0 Å².